The molecular weight excluding hydrogens is 384 g/mol. The van der Waals surface area contributed by atoms with Gasteiger partial charge in [0.15, 0.2) is 5.16 Å². The van der Waals surface area contributed by atoms with Gasteiger partial charge in [0, 0.05) is 10.2 Å². The van der Waals surface area contributed by atoms with Gasteiger partial charge in [0.2, 0.25) is 0 Å². The molecule has 1 aliphatic carbocycles. The van der Waals surface area contributed by atoms with E-state index < -0.39 is 6.10 Å². The molecule has 2 aromatic heterocycles. The van der Waals surface area contributed by atoms with Crippen LogP contribution in [0.3, 0.4) is 0 Å². The zero-order valence-corrected chi connectivity index (χ0v) is 15.7. The Morgan fingerprint density at radius 1 is 1.45 bits per heavy atom. The van der Waals surface area contributed by atoms with Crippen LogP contribution in [0.5, 0.6) is 0 Å². The van der Waals surface area contributed by atoms with Crippen molar-refractivity contribution in [3.63, 3.8) is 0 Å². The zero-order valence-electron chi connectivity index (χ0n) is 12.5. The molecule has 2 aromatic rings. The van der Waals surface area contributed by atoms with Gasteiger partial charge in [-0.15, -0.1) is 11.3 Å². The largest absolute Gasteiger partial charge is 0.390 e. The fourth-order valence-electron chi connectivity index (χ4n) is 2.88. The van der Waals surface area contributed by atoms with Crippen molar-refractivity contribution in [2.45, 2.75) is 50.4 Å². The fourth-order valence-corrected chi connectivity index (χ4v) is 5.12. The third-order valence-corrected chi connectivity index (χ3v) is 6.68. The highest BCUT2D eigenvalue weighted by molar-refractivity contribution is 9.09. The first kappa shape index (κ1) is 16.5. The Labute approximate surface area is 146 Å². The van der Waals surface area contributed by atoms with Crippen molar-refractivity contribution in [2.24, 2.45) is 0 Å². The molecular formula is C15H19BrN2O2S2. The van der Waals surface area contributed by atoms with Gasteiger partial charge in [-0.3, -0.25) is 9.36 Å². The SMILES string of the molecule is CCSc1nc2sc3c(c2c(=O)n1CC(O)CBr)CCCC3. The third-order valence-electron chi connectivity index (χ3n) is 3.88. The Hall–Kier alpha value is -0.370. The van der Waals surface area contributed by atoms with Crippen molar-refractivity contribution in [2.75, 3.05) is 11.1 Å². The summed E-state index contributed by atoms with van der Waals surface area (Å²) in [4.78, 5) is 19.9. The molecule has 120 valence electrons. The second-order valence-corrected chi connectivity index (χ2v) is 8.40. The number of rotatable bonds is 5. The van der Waals surface area contributed by atoms with Gasteiger partial charge in [-0.1, -0.05) is 34.6 Å². The minimum Gasteiger partial charge on any atom is -0.390 e. The second-order valence-electron chi connectivity index (χ2n) is 5.44. The Kier molecular flexibility index (Phi) is 5.27. The number of aliphatic hydroxyl groups excluding tert-OH is 1. The van der Waals surface area contributed by atoms with E-state index in [9.17, 15) is 9.90 Å². The lowest BCUT2D eigenvalue weighted by atomic mass is 9.97. The highest BCUT2D eigenvalue weighted by Crippen LogP contribution is 2.34. The van der Waals surface area contributed by atoms with Crippen LogP contribution in [-0.4, -0.2) is 31.8 Å². The van der Waals surface area contributed by atoms with Gasteiger partial charge in [-0.05, 0) is 37.0 Å². The molecule has 0 spiro atoms. The topological polar surface area (TPSA) is 55.1 Å². The van der Waals surface area contributed by atoms with E-state index in [1.165, 1.54) is 16.9 Å². The second kappa shape index (κ2) is 7.03. The average Bonchev–Trinajstić information content (AvgIpc) is 2.89. The number of thiophene rings is 1. The van der Waals surface area contributed by atoms with Gasteiger partial charge in [0.25, 0.3) is 5.56 Å². The molecule has 0 saturated heterocycles. The molecule has 1 atom stereocenters. The fraction of sp³-hybridized carbons (Fsp3) is 0.600. The van der Waals surface area contributed by atoms with Crippen molar-refractivity contribution in [1.29, 1.82) is 0 Å². The molecule has 1 N–H and O–H groups in total. The summed E-state index contributed by atoms with van der Waals surface area (Å²) < 4.78 is 1.66. The Morgan fingerprint density at radius 3 is 2.95 bits per heavy atom. The third kappa shape index (κ3) is 3.00. The first-order chi connectivity index (χ1) is 10.7. The maximum absolute atomic E-state index is 13.0. The molecule has 4 nitrogen and oxygen atoms in total. The summed E-state index contributed by atoms with van der Waals surface area (Å²) in [6.07, 6.45) is 3.81. The molecule has 3 rings (SSSR count). The molecule has 7 heteroatoms. The molecule has 1 unspecified atom stereocenters. The van der Waals surface area contributed by atoms with E-state index in [1.807, 2.05) is 6.92 Å². The van der Waals surface area contributed by atoms with Crippen LogP contribution in [0, 0.1) is 0 Å². The number of fused-ring (bicyclic) bond motifs is 3. The smallest absolute Gasteiger partial charge is 0.263 e. The van der Waals surface area contributed by atoms with Gasteiger partial charge in [0.05, 0.1) is 18.0 Å². The number of hydrogen-bond acceptors (Lipinski definition) is 5. The standard InChI is InChI=1S/C15H19BrN2O2S2/c1-2-21-15-17-13-12(10-5-3-4-6-11(10)22-13)14(20)18(15)8-9(19)7-16/h9,19H,2-8H2,1H3. The average molecular weight is 403 g/mol. The van der Waals surface area contributed by atoms with Crippen LogP contribution < -0.4 is 5.56 Å². The zero-order chi connectivity index (χ0) is 15.7. The van der Waals surface area contributed by atoms with Crippen molar-refractivity contribution < 1.29 is 5.11 Å². The molecule has 1 aliphatic rings. The number of nitrogens with zero attached hydrogens (tertiary/aromatic N) is 2. The Bertz CT molecular complexity index is 741. The Morgan fingerprint density at radius 2 is 2.23 bits per heavy atom. The summed E-state index contributed by atoms with van der Waals surface area (Å²) in [5, 5.41) is 11.9. The van der Waals surface area contributed by atoms with Crippen LogP contribution in [-0.2, 0) is 19.4 Å². The summed E-state index contributed by atoms with van der Waals surface area (Å²) in [7, 11) is 0. The molecule has 0 aromatic carbocycles. The number of alkyl halides is 1. The summed E-state index contributed by atoms with van der Waals surface area (Å²) >= 11 is 6.51. The lowest BCUT2D eigenvalue weighted by Gasteiger charge is -2.15. The molecule has 0 fully saturated rings. The predicted molar refractivity (Wildman–Crippen MR) is 96.7 cm³/mol. The Balaban J connectivity index is 2.20. The van der Waals surface area contributed by atoms with Gasteiger partial charge in [-0.2, -0.15) is 0 Å². The summed E-state index contributed by atoms with van der Waals surface area (Å²) in [6, 6.07) is 0. The summed E-state index contributed by atoms with van der Waals surface area (Å²) in [6.45, 7) is 2.34. The minimum atomic E-state index is -0.581. The number of thioether (sulfide) groups is 1. The van der Waals surface area contributed by atoms with Crippen LogP contribution >= 0.6 is 39.0 Å². The molecule has 2 heterocycles. The number of aromatic nitrogens is 2. The van der Waals surface area contributed by atoms with Crippen LogP contribution in [0.15, 0.2) is 9.95 Å². The van der Waals surface area contributed by atoms with E-state index in [-0.39, 0.29) is 5.56 Å². The van der Waals surface area contributed by atoms with Crippen molar-refractivity contribution >= 4 is 49.2 Å². The maximum atomic E-state index is 13.0. The van der Waals surface area contributed by atoms with Gasteiger partial charge < -0.3 is 5.11 Å². The molecule has 0 radical (unpaired) electrons. The van der Waals surface area contributed by atoms with Gasteiger partial charge in [0.1, 0.15) is 4.83 Å². The minimum absolute atomic E-state index is 0.0142. The normalized spacial score (nSPS) is 16.0. The number of aliphatic hydroxyl groups is 1. The lowest BCUT2D eigenvalue weighted by Crippen LogP contribution is -2.29. The summed E-state index contributed by atoms with van der Waals surface area (Å²) in [5.74, 6) is 0.855. The van der Waals surface area contributed by atoms with Gasteiger partial charge >= 0.3 is 0 Å². The van der Waals surface area contributed by atoms with E-state index in [0.717, 1.165) is 40.4 Å². The summed E-state index contributed by atoms with van der Waals surface area (Å²) in [5.41, 5.74) is 1.22. The van der Waals surface area contributed by atoms with Crippen molar-refractivity contribution in [3.8, 4) is 0 Å². The number of hydrogen-bond donors (Lipinski definition) is 1. The monoisotopic (exact) mass is 402 g/mol. The quantitative estimate of drug-likeness (QED) is 0.473. The number of halogens is 1. The highest BCUT2D eigenvalue weighted by Gasteiger charge is 2.22. The van der Waals surface area contributed by atoms with E-state index in [2.05, 4.69) is 15.9 Å². The van der Waals surface area contributed by atoms with Crippen LogP contribution in [0.25, 0.3) is 10.2 Å². The first-order valence-corrected chi connectivity index (χ1v) is 10.5. The van der Waals surface area contributed by atoms with E-state index in [0.29, 0.717) is 11.9 Å². The highest BCUT2D eigenvalue weighted by atomic mass is 79.9. The van der Waals surface area contributed by atoms with Gasteiger partial charge in [-0.25, -0.2) is 4.98 Å². The first-order valence-electron chi connectivity index (χ1n) is 7.57. The molecule has 0 aliphatic heterocycles. The van der Waals surface area contributed by atoms with E-state index >= 15 is 0 Å². The van der Waals surface area contributed by atoms with E-state index in [1.54, 1.807) is 27.7 Å². The molecule has 0 amide bonds. The maximum Gasteiger partial charge on any atom is 0.263 e. The van der Waals surface area contributed by atoms with Crippen LogP contribution in [0.4, 0.5) is 0 Å². The molecule has 0 saturated carbocycles. The predicted octanol–water partition coefficient (Wildman–Crippen LogP) is 3.20. The van der Waals surface area contributed by atoms with E-state index in [4.69, 9.17) is 4.98 Å². The van der Waals surface area contributed by atoms with Crippen LogP contribution in [0.2, 0.25) is 0 Å². The van der Waals surface area contributed by atoms with Crippen molar-refractivity contribution in [1.82, 2.24) is 9.55 Å². The van der Waals surface area contributed by atoms with Crippen molar-refractivity contribution in [3.05, 3.63) is 20.8 Å². The number of aryl methyl sites for hydroxylation is 2. The molecule has 0 bridgehead atoms. The van der Waals surface area contributed by atoms with Crippen LogP contribution in [0.1, 0.15) is 30.2 Å². The molecule has 22 heavy (non-hydrogen) atoms. The lowest BCUT2D eigenvalue weighted by molar-refractivity contribution is 0.173.